The van der Waals surface area contributed by atoms with Crippen molar-refractivity contribution >= 4 is 35.0 Å². The molecule has 3 aromatic rings. The molecule has 2 aromatic heterocycles. The number of pyridine rings is 1. The number of halogens is 1. The van der Waals surface area contributed by atoms with Gasteiger partial charge in [-0.15, -0.1) is 0 Å². The molecule has 0 bridgehead atoms. The Kier molecular flexibility index (Phi) is 5.86. The Morgan fingerprint density at radius 2 is 1.76 bits per heavy atom. The van der Waals surface area contributed by atoms with Crippen molar-refractivity contribution in [3.8, 4) is 0 Å². The van der Waals surface area contributed by atoms with Crippen LogP contribution in [0.5, 0.6) is 0 Å². The first-order chi connectivity index (χ1) is 14.2. The molecule has 0 radical (unpaired) electrons. The van der Waals surface area contributed by atoms with E-state index in [2.05, 4.69) is 25.2 Å². The number of aromatic nitrogens is 3. The van der Waals surface area contributed by atoms with Gasteiger partial charge in [0, 0.05) is 43.5 Å². The molecule has 1 aliphatic rings. The zero-order chi connectivity index (χ0) is 20.1. The summed E-state index contributed by atoms with van der Waals surface area (Å²) in [7, 11) is 0. The van der Waals surface area contributed by atoms with Gasteiger partial charge in [-0.25, -0.2) is 15.0 Å². The van der Waals surface area contributed by atoms with Crippen LogP contribution in [-0.2, 0) is 11.2 Å². The smallest absolute Gasteiger partial charge is 0.227 e. The molecule has 1 amide bonds. The van der Waals surface area contributed by atoms with Crippen molar-refractivity contribution in [1.29, 1.82) is 0 Å². The summed E-state index contributed by atoms with van der Waals surface area (Å²) in [6.45, 7) is 2.79. The number of piperazine rings is 1. The number of hydrogen-bond acceptors (Lipinski definition) is 6. The van der Waals surface area contributed by atoms with Crippen LogP contribution in [0, 0.1) is 0 Å². The zero-order valence-electron chi connectivity index (χ0n) is 15.8. The lowest BCUT2D eigenvalue weighted by atomic mass is 10.1. The number of nitrogens with zero attached hydrogens (tertiary/aromatic N) is 5. The summed E-state index contributed by atoms with van der Waals surface area (Å²) in [5.41, 5.74) is 0.975. The highest BCUT2D eigenvalue weighted by atomic mass is 35.5. The molecular formula is C21H21ClN6O. The van der Waals surface area contributed by atoms with Gasteiger partial charge >= 0.3 is 0 Å². The Bertz CT molecular complexity index is 958. The van der Waals surface area contributed by atoms with Gasteiger partial charge in [-0.05, 0) is 29.8 Å². The van der Waals surface area contributed by atoms with E-state index in [4.69, 9.17) is 11.6 Å². The van der Waals surface area contributed by atoms with Gasteiger partial charge in [0.1, 0.15) is 23.8 Å². The maximum absolute atomic E-state index is 12.6. The van der Waals surface area contributed by atoms with Gasteiger partial charge < -0.3 is 15.1 Å². The van der Waals surface area contributed by atoms with E-state index in [1.54, 1.807) is 12.5 Å². The number of benzene rings is 1. The Balaban J connectivity index is 1.34. The molecule has 1 saturated heterocycles. The minimum atomic E-state index is 0.132. The minimum Gasteiger partial charge on any atom is -0.353 e. The second-order valence-electron chi connectivity index (χ2n) is 6.77. The lowest BCUT2D eigenvalue weighted by Gasteiger charge is -2.35. The quantitative estimate of drug-likeness (QED) is 0.699. The van der Waals surface area contributed by atoms with Crippen molar-refractivity contribution in [3.63, 3.8) is 0 Å². The van der Waals surface area contributed by atoms with Crippen LogP contribution in [0.2, 0.25) is 5.02 Å². The fourth-order valence-electron chi connectivity index (χ4n) is 3.23. The number of carbonyl (C=O) groups excluding carboxylic acids is 1. The van der Waals surface area contributed by atoms with Crippen molar-refractivity contribution < 1.29 is 4.79 Å². The molecule has 148 valence electrons. The molecule has 0 aliphatic carbocycles. The van der Waals surface area contributed by atoms with E-state index in [9.17, 15) is 4.79 Å². The summed E-state index contributed by atoms with van der Waals surface area (Å²) in [5, 5.41) is 3.86. The fraction of sp³-hybridized carbons (Fsp3) is 0.238. The van der Waals surface area contributed by atoms with Crippen LogP contribution in [0.15, 0.2) is 61.1 Å². The number of hydrogen-bond donors (Lipinski definition) is 1. The van der Waals surface area contributed by atoms with Crippen molar-refractivity contribution in [3.05, 3.63) is 71.6 Å². The number of rotatable bonds is 5. The van der Waals surface area contributed by atoms with Gasteiger partial charge in [0.2, 0.25) is 5.91 Å². The lowest BCUT2D eigenvalue weighted by molar-refractivity contribution is -0.130. The van der Waals surface area contributed by atoms with Gasteiger partial charge in [-0.2, -0.15) is 0 Å². The highest BCUT2D eigenvalue weighted by molar-refractivity contribution is 6.30. The minimum absolute atomic E-state index is 0.132. The molecule has 7 nitrogen and oxygen atoms in total. The molecule has 0 atom stereocenters. The number of nitrogens with one attached hydrogen (secondary N) is 1. The van der Waals surface area contributed by atoms with E-state index in [-0.39, 0.29) is 5.91 Å². The maximum atomic E-state index is 12.6. The molecule has 0 spiro atoms. The van der Waals surface area contributed by atoms with Gasteiger partial charge in [0.25, 0.3) is 0 Å². The van der Waals surface area contributed by atoms with Gasteiger partial charge in [0.15, 0.2) is 0 Å². The predicted molar refractivity (Wildman–Crippen MR) is 114 cm³/mol. The Morgan fingerprint density at radius 3 is 2.48 bits per heavy atom. The SMILES string of the molecule is O=C(Cc1ccc(Cl)cc1)N1CCN(c2cc(Nc3ccccn3)ncn2)CC1. The van der Waals surface area contributed by atoms with E-state index < -0.39 is 0 Å². The Hall–Kier alpha value is -3.19. The number of carbonyl (C=O) groups is 1. The average Bonchev–Trinajstić information content (AvgIpc) is 2.76. The summed E-state index contributed by atoms with van der Waals surface area (Å²) >= 11 is 5.91. The lowest BCUT2D eigenvalue weighted by Crippen LogP contribution is -2.49. The topological polar surface area (TPSA) is 74.2 Å². The number of anilines is 3. The molecular weight excluding hydrogens is 388 g/mol. The summed E-state index contributed by atoms with van der Waals surface area (Å²) in [5.74, 6) is 2.39. The molecule has 1 aromatic carbocycles. The molecule has 0 saturated carbocycles. The first-order valence-electron chi connectivity index (χ1n) is 9.45. The van der Waals surface area contributed by atoms with E-state index in [0.29, 0.717) is 30.4 Å². The standard InChI is InChI=1S/C21H21ClN6O/c22-17-6-4-16(5-7-17)13-21(29)28-11-9-27(10-12-28)20-14-19(24-15-25-20)26-18-3-1-2-8-23-18/h1-8,14-15H,9-13H2,(H,23,24,25,26). The average molecular weight is 409 g/mol. The van der Waals surface area contributed by atoms with E-state index in [0.717, 1.165) is 30.3 Å². The largest absolute Gasteiger partial charge is 0.353 e. The monoisotopic (exact) mass is 408 g/mol. The first-order valence-corrected chi connectivity index (χ1v) is 9.82. The highest BCUT2D eigenvalue weighted by Crippen LogP contribution is 2.19. The molecule has 1 fully saturated rings. The third-order valence-corrected chi connectivity index (χ3v) is 5.05. The summed E-state index contributed by atoms with van der Waals surface area (Å²) in [4.78, 5) is 29.6. The molecule has 4 rings (SSSR count). The van der Waals surface area contributed by atoms with Crippen LogP contribution >= 0.6 is 11.6 Å². The van der Waals surface area contributed by atoms with Crippen LogP contribution in [0.1, 0.15) is 5.56 Å². The third kappa shape index (κ3) is 5.00. The van der Waals surface area contributed by atoms with Gasteiger partial charge in [-0.1, -0.05) is 29.8 Å². The summed E-state index contributed by atoms with van der Waals surface area (Å²) in [6.07, 6.45) is 3.66. The summed E-state index contributed by atoms with van der Waals surface area (Å²) < 4.78 is 0. The zero-order valence-corrected chi connectivity index (χ0v) is 16.6. The third-order valence-electron chi connectivity index (χ3n) is 4.80. The normalized spacial score (nSPS) is 14.0. The van der Waals surface area contributed by atoms with Crippen LogP contribution in [0.25, 0.3) is 0 Å². The molecule has 1 aliphatic heterocycles. The van der Waals surface area contributed by atoms with Crippen LogP contribution in [-0.4, -0.2) is 51.9 Å². The number of amides is 1. The van der Waals surface area contributed by atoms with Crippen molar-refractivity contribution in [1.82, 2.24) is 19.9 Å². The van der Waals surface area contributed by atoms with Crippen molar-refractivity contribution in [2.75, 3.05) is 36.4 Å². The van der Waals surface area contributed by atoms with Crippen molar-refractivity contribution in [2.45, 2.75) is 6.42 Å². The van der Waals surface area contributed by atoms with Gasteiger partial charge in [-0.3, -0.25) is 4.79 Å². The molecule has 1 N–H and O–H groups in total. The predicted octanol–water partition coefficient (Wildman–Crippen LogP) is 3.16. The van der Waals surface area contributed by atoms with Crippen LogP contribution < -0.4 is 10.2 Å². The Morgan fingerprint density at radius 1 is 0.966 bits per heavy atom. The van der Waals surface area contributed by atoms with Crippen molar-refractivity contribution in [2.24, 2.45) is 0 Å². The van der Waals surface area contributed by atoms with Crippen LogP contribution in [0.4, 0.5) is 17.5 Å². The molecule has 8 heteroatoms. The summed E-state index contributed by atoms with van der Waals surface area (Å²) in [6, 6.07) is 15.0. The highest BCUT2D eigenvalue weighted by Gasteiger charge is 2.22. The first kappa shape index (κ1) is 19.1. The van der Waals surface area contributed by atoms with E-state index in [1.165, 1.54) is 0 Å². The van der Waals surface area contributed by atoms with E-state index in [1.807, 2.05) is 53.4 Å². The Labute approximate surface area is 174 Å². The molecule has 29 heavy (non-hydrogen) atoms. The molecule has 0 unspecified atom stereocenters. The maximum Gasteiger partial charge on any atom is 0.227 e. The second-order valence-corrected chi connectivity index (χ2v) is 7.21. The molecule has 3 heterocycles. The fourth-order valence-corrected chi connectivity index (χ4v) is 3.36. The van der Waals surface area contributed by atoms with Gasteiger partial charge in [0.05, 0.1) is 6.42 Å². The second kappa shape index (κ2) is 8.87. The van der Waals surface area contributed by atoms with Crippen LogP contribution in [0.3, 0.4) is 0 Å². The van der Waals surface area contributed by atoms with E-state index >= 15 is 0 Å².